The zero-order valence-electron chi connectivity index (χ0n) is 18.2. The maximum absolute atomic E-state index is 4.89. The highest BCUT2D eigenvalue weighted by Gasteiger charge is 2.38. The summed E-state index contributed by atoms with van der Waals surface area (Å²) in [5.41, 5.74) is 1.68. The third kappa shape index (κ3) is 5.34. The van der Waals surface area contributed by atoms with Gasteiger partial charge in [-0.3, -0.25) is 0 Å². The Hall–Kier alpha value is -1.64. The molecule has 0 aliphatic heterocycles. The van der Waals surface area contributed by atoms with E-state index in [4.69, 9.17) is 4.99 Å². The summed E-state index contributed by atoms with van der Waals surface area (Å²) in [5, 5.41) is 15.8. The van der Waals surface area contributed by atoms with Crippen LogP contribution in [0.1, 0.15) is 68.6 Å². The predicted molar refractivity (Wildman–Crippen MR) is 132 cm³/mol. The first-order chi connectivity index (χ1) is 14.2. The molecule has 1 aromatic heterocycles. The quantitative estimate of drug-likeness (QED) is 0.339. The third-order valence-electron chi connectivity index (χ3n) is 6.80. The summed E-state index contributed by atoms with van der Waals surface area (Å²) in [6, 6.07) is 11.5. The maximum Gasteiger partial charge on any atom is 0.191 e. The van der Waals surface area contributed by atoms with Gasteiger partial charge >= 0.3 is 0 Å². The van der Waals surface area contributed by atoms with E-state index in [0.29, 0.717) is 12.6 Å². The number of nitrogens with one attached hydrogen (secondary N) is 2. The molecule has 2 aliphatic rings. The van der Waals surface area contributed by atoms with Gasteiger partial charge in [0.15, 0.2) is 11.8 Å². The summed E-state index contributed by atoms with van der Waals surface area (Å²) in [4.78, 5) is 4.89. The fourth-order valence-corrected chi connectivity index (χ4v) is 4.55. The van der Waals surface area contributed by atoms with Gasteiger partial charge in [-0.15, -0.1) is 34.2 Å². The number of hydrogen-bond donors (Lipinski definition) is 2. The van der Waals surface area contributed by atoms with Gasteiger partial charge in [-0.2, -0.15) is 0 Å². The molecule has 0 atom stereocenters. The van der Waals surface area contributed by atoms with E-state index in [0.717, 1.165) is 24.2 Å². The van der Waals surface area contributed by atoms with E-state index in [1.165, 1.54) is 56.9 Å². The van der Waals surface area contributed by atoms with Crippen molar-refractivity contribution in [1.29, 1.82) is 0 Å². The van der Waals surface area contributed by atoms with Crippen LogP contribution in [0.3, 0.4) is 0 Å². The molecule has 0 saturated heterocycles. The highest BCUT2D eigenvalue weighted by Crippen LogP contribution is 2.43. The Morgan fingerprint density at radius 2 is 1.83 bits per heavy atom. The lowest BCUT2D eigenvalue weighted by atomic mass is 9.64. The molecule has 164 valence electrons. The average Bonchev–Trinajstić information content (AvgIpc) is 3.04. The molecule has 6 nitrogen and oxygen atoms in total. The summed E-state index contributed by atoms with van der Waals surface area (Å²) in [7, 11) is 2.00. The van der Waals surface area contributed by atoms with E-state index in [1.54, 1.807) is 0 Å². The topological polar surface area (TPSA) is 67.1 Å². The minimum atomic E-state index is 0. The molecule has 0 radical (unpaired) electrons. The van der Waals surface area contributed by atoms with Crippen molar-refractivity contribution in [3.05, 3.63) is 47.5 Å². The largest absolute Gasteiger partial charge is 0.355 e. The van der Waals surface area contributed by atoms with E-state index in [2.05, 4.69) is 51.2 Å². The van der Waals surface area contributed by atoms with Crippen molar-refractivity contribution in [3.8, 4) is 0 Å². The zero-order valence-corrected chi connectivity index (χ0v) is 20.6. The Bertz CT molecular complexity index is 821. The van der Waals surface area contributed by atoms with Gasteiger partial charge in [0.2, 0.25) is 0 Å². The van der Waals surface area contributed by atoms with Crippen LogP contribution < -0.4 is 10.6 Å². The first-order valence-corrected chi connectivity index (χ1v) is 11.1. The van der Waals surface area contributed by atoms with Crippen LogP contribution in [0.2, 0.25) is 0 Å². The highest BCUT2D eigenvalue weighted by atomic mass is 127. The maximum atomic E-state index is 4.89. The molecule has 2 aromatic rings. The lowest BCUT2D eigenvalue weighted by Gasteiger charge is -2.43. The fourth-order valence-electron chi connectivity index (χ4n) is 4.55. The minimum Gasteiger partial charge on any atom is -0.355 e. The van der Waals surface area contributed by atoms with Gasteiger partial charge < -0.3 is 15.2 Å². The number of aryl methyl sites for hydroxylation is 1. The van der Waals surface area contributed by atoms with Gasteiger partial charge in [-0.05, 0) is 38.2 Å². The number of aromatic nitrogens is 3. The van der Waals surface area contributed by atoms with E-state index >= 15 is 0 Å². The first kappa shape index (κ1) is 23.0. The molecule has 2 fully saturated rings. The lowest BCUT2D eigenvalue weighted by molar-refractivity contribution is 0.243. The van der Waals surface area contributed by atoms with Crippen LogP contribution in [0.25, 0.3) is 0 Å². The molecule has 1 heterocycles. The number of benzene rings is 1. The molecule has 4 rings (SSSR count). The standard InChI is InChI=1S/C23H34N6.HI/c1-18-27-28-21(29(18)2)16-24-22(26-20-12-7-4-8-13-20)25-17-23(14-9-15-23)19-10-5-3-6-11-19;/h3,5-6,10-11,20H,4,7-9,12-17H2,1-2H3,(H2,24,25,26);1H. The van der Waals surface area contributed by atoms with Crippen LogP contribution in [0.15, 0.2) is 35.3 Å². The molecule has 2 saturated carbocycles. The van der Waals surface area contributed by atoms with Gasteiger partial charge in [0, 0.05) is 25.0 Å². The van der Waals surface area contributed by atoms with Crippen LogP contribution in [-0.4, -0.2) is 33.3 Å². The molecule has 1 aromatic carbocycles. The van der Waals surface area contributed by atoms with Crippen molar-refractivity contribution in [2.75, 3.05) is 6.54 Å². The molecule has 0 bridgehead atoms. The van der Waals surface area contributed by atoms with Gasteiger partial charge in [-0.1, -0.05) is 56.0 Å². The van der Waals surface area contributed by atoms with Crippen molar-refractivity contribution in [1.82, 2.24) is 25.4 Å². The van der Waals surface area contributed by atoms with Crippen LogP contribution in [0.5, 0.6) is 0 Å². The van der Waals surface area contributed by atoms with Crippen LogP contribution in [0.4, 0.5) is 0 Å². The Labute approximate surface area is 197 Å². The number of nitrogens with zero attached hydrogens (tertiary/aromatic N) is 4. The van der Waals surface area contributed by atoms with Gasteiger partial charge in [0.1, 0.15) is 12.4 Å². The molecule has 0 spiro atoms. The van der Waals surface area contributed by atoms with Crippen LogP contribution >= 0.6 is 24.0 Å². The normalized spacial score (nSPS) is 18.9. The SMILES string of the molecule is Cc1nnc(CN=C(NCC2(c3ccccc3)CCC2)NC2CCCCC2)n1C.I. The second-order valence-electron chi connectivity index (χ2n) is 8.72. The molecule has 0 unspecified atom stereocenters. The number of guanidine groups is 1. The molecular formula is C23H35IN6. The number of halogens is 1. The molecular weight excluding hydrogens is 487 g/mol. The summed E-state index contributed by atoms with van der Waals surface area (Å²) < 4.78 is 2.01. The van der Waals surface area contributed by atoms with E-state index in [-0.39, 0.29) is 29.4 Å². The van der Waals surface area contributed by atoms with Crippen molar-refractivity contribution >= 4 is 29.9 Å². The van der Waals surface area contributed by atoms with Crippen molar-refractivity contribution in [3.63, 3.8) is 0 Å². The Morgan fingerprint density at radius 3 is 2.43 bits per heavy atom. The fraction of sp³-hybridized carbons (Fsp3) is 0.609. The molecule has 30 heavy (non-hydrogen) atoms. The smallest absolute Gasteiger partial charge is 0.191 e. The monoisotopic (exact) mass is 522 g/mol. The second kappa shape index (κ2) is 10.6. The minimum absolute atomic E-state index is 0. The van der Waals surface area contributed by atoms with E-state index < -0.39 is 0 Å². The second-order valence-corrected chi connectivity index (χ2v) is 8.72. The first-order valence-electron chi connectivity index (χ1n) is 11.1. The lowest BCUT2D eigenvalue weighted by Crippen LogP contribution is -2.51. The summed E-state index contributed by atoms with van der Waals surface area (Å²) in [5.74, 6) is 2.73. The van der Waals surface area contributed by atoms with Crippen molar-refractivity contribution in [2.24, 2.45) is 12.0 Å². The summed E-state index contributed by atoms with van der Waals surface area (Å²) in [6.07, 6.45) is 10.2. The average molecular weight is 522 g/mol. The van der Waals surface area contributed by atoms with Gasteiger partial charge in [0.05, 0.1) is 0 Å². The number of rotatable bonds is 6. The van der Waals surface area contributed by atoms with Gasteiger partial charge in [-0.25, -0.2) is 4.99 Å². The third-order valence-corrected chi connectivity index (χ3v) is 6.80. The summed E-state index contributed by atoms with van der Waals surface area (Å²) in [6.45, 7) is 3.44. The molecule has 2 aliphatic carbocycles. The van der Waals surface area contributed by atoms with E-state index in [9.17, 15) is 0 Å². The highest BCUT2D eigenvalue weighted by molar-refractivity contribution is 14.0. The predicted octanol–water partition coefficient (Wildman–Crippen LogP) is 4.23. The Balaban J connectivity index is 0.00000256. The van der Waals surface area contributed by atoms with Crippen LogP contribution in [-0.2, 0) is 19.0 Å². The van der Waals surface area contributed by atoms with Crippen LogP contribution in [0, 0.1) is 6.92 Å². The Morgan fingerprint density at radius 1 is 1.10 bits per heavy atom. The molecule has 0 amide bonds. The number of aliphatic imine (C=N–C) groups is 1. The zero-order chi connectivity index (χ0) is 20.1. The summed E-state index contributed by atoms with van der Waals surface area (Å²) >= 11 is 0. The van der Waals surface area contributed by atoms with E-state index in [1.807, 2.05) is 18.5 Å². The van der Waals surface area contributed by atoms with Crippen molar-refractivity contribution in [2.45, 2.75) is 76.3 Å². The number of hydrogen-bond acceptors (Lipinski definition) is 3. The molecule has 2 N–H and O–H groups in total. The van der Waals surface area contributed by atoms with Gasteiger partial charge in [0.25, 0.3) is 0 Å². The Kier molecular flexibility index (Phi) is 8.13. The molecule has 7 heteroatoms. The van der Waals surface area contributed by atoms with Crippen molar-refractivity contribution < 1.29 is 0 Å².